The molecule has 8 heteroatoms. The zero-order valence-electron chi connectivity index (χ0n) is 14.9. The molecule has 0 bridgehead atoms. The molecule has 1 unspecified atom stereocenters. The Morgan fingerprint density at radius 2 is 1.89 bits per heavy atom. The zero-order chi connectivity index (χ0) is 19.8. The molecule has 3 aromatic rings. The van der Waals surface area contributed by atoms with E-state index < -0.39 is 6.04 Å². The lowest BCUT2D eigenvalue weighted by molar-refractivity contribution is 0.240. The number of aromatic nitrogens is 1. The number of benzene rings is 2. The maximum atomic E-state index is 12.1. The van der Waals surface area contributed by atoms with Gasteiger partial charge in [0.2, 0.25) is 0 Å². The lowest BCUT2D eigenvalue weighted by Crippen LogP contribution is -2.42. The van der Waals surface area contributed by atoms with Gasteiger partial charge in [-0.2, -0.15) is 0 Å². The number of hydrogen-bond donors (Lipinski definition) is 5. The Morgan fingerprint density at radius 1 is 1.14 bits per heavy atom. The van der Waals surface area contributed by atoms with Crippen molar-refractivity contribution in [1.29, 1.82) is 0 Å². The number of nitrogens with two attached hydrogens (primary N) is 1. The Balaban J connectivity index is 1.79. The van der Waals surface area contributed by atoms with E-state index >= 15 is 0 Å². The van der Waals surface area contributed by atoms with E-state index in [1.807, 2.05) is 29.6 Å². The van der Waals surface area contributed by atoms with Gasteiger partial charge >= 0.3 is 6.03 Å². The second-order valence-electron chi connectivity index (χ2n) is 6.47. The zero-order valence-corrected chi connectivity index (χ0v) is 15.7. The second-order valence-corrected chi connectivity index (χ2v) is 7.33. The predicted molar refractivity (Wildman–Crippen MR) is 109 cm³/mol. The summed E-state index contributed by atoms with van der Waals surface area (Å²) in [6, 6.07) is 10.6. The number of nitrogen functional groups attached to an aromatic ring is 1. The number of rotatable bonds is 3. The fourth-order valence-electron chi connectivity index (χ4n) is 3.17. The van der Waals surface area contributed by atoms with Gasteiger partial charge in [-0.05, 0) is 37.3 Å². The lowest BCUT2D eigenvalue weighted by atomic mass is 9.95. The third-order valence-electron chi connectivity index (χ3n) is 4.53. The molecule has 0 saturated carbocycles. The van der Waals surface area contributed by atoms with E-state index in [1.165, 1.54) is 29.5 Å². The van der Waals surface area contributed by atoms with Crippen molar-refractivity contribution in [2.45, 2.75) is 13.0 Å². The van der Waals surface area contributed by atoms with Gasteiger partial charge in [0.15, 0.2) is 0 Å². The summed E-state index contributed by atoms with van der Waals surface area (Å²) in [5.74, 6) is -0.0232. The minimum absolute atomic E-state index is 0.000660. The number of phenols is 2. The van der Waals surface area contributed by atoms with Crippen LogP contribution in [0.1, 0.15) is 23.5 Å². The summed E-state index contributed by atoms with van der Waals surface area (Å²) < 4.78 is 0. The first-order valence-electron chi connectivity index (χ1n) is 8.54. The quantitative estimate of drug-likeness (QED) is 0.343. The van der Waals surface area contributed by atoms with Gasteiger partial charge < -0.3 is 26.6 Å². The van der Waals surface area contributed by atoms with Crippen molar-refractivity contribution >= 4 is 28.6 Å². The molecule has 0 aliphatic carbocycles. The number of nitrogens with one attached hydrogen (secondary N) is 2. The Labute approximate surface area is 165 Å². The van der Waals surface area contributed by atoms with E-state index in [1.54, 1.807) is 6.92 Å². The first-order chi connectivity index (χ1) is 13.4. The number of aromatic hydroxyl groups is 2. The molecule has 1 aromatic heterocycles. The summed E-state index contributed by atoms with van der Waals surface area (Å²) in [7, 11) is 0. The average molecular weight is 394 g/mol. The highest BCUT2D eigenvalue weighted by atomic mass is 32.1. The minimum atomic E-state index is -0.647. The Bertz CT molecular complexity index is 1090. The fraction of sp³-hybridized carbons (Fsp3) is 0.100. The molecule has 7 nitrogen and oxygen atoms in total. The molecule has 2 aromatic carbocycles. The topological polar surface area (TPSA) is 120 Å². The van der Waals surface area contributed by atoms with Gasteiger partial charge in [-0.15, -0.1) is 11.3 Å². The molecular weight excluding hydrogens is 376 g/mol. The van der Waals surface area contributed by atoms with E-state index in [0.717, 1.165) is 16.8 Å². The van der Waals surface area contributed by atoms with Crippen LogP contribution in [0.25, 0.3) is 16.8 Å². The molecule has 0 saturated heterocycles. The number of carbonyl (C=O) groups is 1. The number of urea groups is 1. The highest BCUT2D eigenvalue weighted by Gasteiger charge is 2.31. The third-order valence-corrected chi connectivity index (χ3v) is 5.41. The maximum Gasteiger partial charge on any atom is 0.319 e. The molecule has 2 amide bonds. The van der Waals surface area contributed by atoms with E-state index in [4.69, 9.17) is 10.7 Å². The lowest BCUT2D eigenvalue weighted by Gasteiger charge is -2.28. The molecule has 0 fully saturated rings. The predicted octanol–water partition coefficient (Wildman–Crippen LogP) is 3.59. The maximum absolute atomic E-state index is 12.1. The first-order valence-corrected chi connectivity index (χ1v) is 9.42. The van der Waals surface area contributed by atoms with Crippen LogP contribution in [0, 0.1) is 0 Å². The minimum Gasteiger partial charge on any atom is -0.508 e. The number of allylic oxidation sites excluding steroid dienone is 1. The number of nitrogens with zero attached hydrogens (tertiary/aromatic N) is 1. The molecule has 142 valence electrons. The third kappa shape index (κ3) is 3.25. The van der Waals surface area contributed by atoms with Crippen LogP contribution >= 0.6 is 11.3 Å². The summed E-state index contributed by atoms with van der Waals surface area (Å²) in [5, 5.41) is 28.3. The van der Waals surface area contributed by atoms with Crippen molar-refractivity contribution < 1.29 is 15.0 Å². The molecule has 1 aliphatic rings. The number of anilines is 1. The van der Waals surface area contributed by atoms with E-state index in [9.17, 15) is 15.0 Å². The number of carbonyl (C=O) groups excluding carboxylic acids is 1. The van der Waals surface area contributed by atoms with Crippen molar-refractivity contribution in [3.8, 4) is 22.8 Å². The van der Waals surface area contributed by atoms with Crippen LogP contribution < -0.4 is 16.4 Å². The van der Waals surface area contributed by atoms with Gasteiger partial charge in [0.05, 0.1) is 11.7 Å². The van der Waals surface area contributed by atoms with Gasteiger partial charge in [-0.25, -0.2) is 9.78 Å². The molecule has 2 heterocycles. The summed E-state index contributed by atoms with van der Waals surface area (Å²) in [6.07, 6.45) is 0. The number of amides is 2. The Morgan fingerprint density at radius 3 is 2.64 bits per heavy atom. The van der Waals surface area contributed by atoms with Crippen LogP contribution in [0.15, 0.2) is 53.5 Å². The average Bonchev–Trinajstić information content (AvgIpc) is 3.13. The van der Waals surface area contributed by atoms with Crippen molar-refractivity contribution in [3.05, 3.63) is 64.1 Å². The van der Waals surface area contributed by atoms with Crippen LogP contribution in [0.2, 0.25) is 0 Å². The Kier molecular flexibility index (Phi) is 4.40. The first kappa shape index (κ1) is 17.9. The molecule has 1 aliphatic heterocycles. The van der Waals surface area contributed by atoms with Crippen LogP contribution in [0.3, 0.4) is 0 Å². The monoisotopic (exact) mass is 394 g/mol. The van der Waals surface area contributed by atoms with Crippen LogP contribution in [-0.2, 0) is 0 Å². The van der Waals surface area contributed by atoms with Gasteiger partial charge in [0.1, 0.15) is 16.5 Å². The van der Waals surface area contributed by atoms with Crippen LogP contribution in [0.5, 0.6) is 11.5 Å². The second kappa shape index (κ2) is 6.90. The van der Waals surface area contributed by atoms with Crippen molar-refractivity contribution in [3.63, 3.8) is 0 Å². The molecular formula is C20H18N4O3S. The smallest absolute Gasteiger partial charge is 0.319 e. The number of phenolic OH excluding ortho intramolecular Hbond substituents is 2. The number of hydrogen-bond acceptors (Lipinski definition) is 6. The standard InChI is InChI=1S/C20H18N4O3S/c1-10-17(19-23-15(9-28-19)11-2-4-12(21)5-3-11)18(24-20(27)22-10)14-8-13(25)6-7-16(14)26/h2-9,18,25-26H,21H2,1H3,(H2,22,24,27). The van der Waals surface area contributed by atoms with Crippen molar-refractivity contribution in [2.24, 2.45) is 0 Å². The molecule has 0 spiro atoms. The van der Waals surface area contributed by atoms with Gasteiger partial charge in [-0.1, -0.05) is 12.1 Å². The largest absolute Gasteiger partial charge is 0.508 e. The molecule has 6 N–H and O–H groups in total. The summed E-state index contributed by atoms with van der Waals surface area (Å²) in [4.78, 5) is 16.8. The van der Waals surface area contributed by atoms with Crippen LogP contribution in [-0.4, -0.2) is 21.2 Å². The van der Waals surface area contributed by atoms with Gasteiger partial charge in [-0.3, -0.25) is 0 Å². The normalized spacial score (nSPS) is 16.6. The number of thiazole rings is 1. The van der Waals surface area contributed by atoms with Gasteiger partial charge in [0.25, 0.3) is 0 Å². The summed E-state index contributed by atoms with van der Waals surface area (Å²) >= 11 is 1.43. The summed E-state index contributed by atoms with van der Waals surface area (Å²) in [5.41, 5.74) is 9.90. The highest BCUT2D eigenvalue weighted by molar-refractivity contribution is 7.11. The van der Waals surface area contributed by atoms with E-state index in [-0.39, 0.29) is 17.5 Å². The van der Waals surface area contributed by atoms with Crippen LogP contribution in [0.4, 0.5) is 10.5 Å². The van der Waals surface area contributed by atoms with E-state index in [2.05, 4.69) is 10.6 Å². The SMILES string of the molecule is CC1=C(c2nc(-c3ccc(N)cc3)cs2)C(c2cc(O)ccc2O)NC(=O)N1. The van der Waals surface area contributed by atoms with Gasteiger partial charge in [0, 0.05) is 33.5 Å². The molecule has 1 atom stereocenters. The fourth-order valence-corrected chi connectivity index (χ4v) is 4.13. The van der Waals surface area contributed by atoms with Crippen molar-refractivity contribution in [2.75, 3.05) is 5.73 Å². The Hall–Kier alpha value is -3.52. The summed E-state index contributed by atoms with van der Waals surface area (Å²) in [6.45, 7) is 1.78. The van der Waals surface area contributed by atoms with E-state index in [0.29, 0.717) is 22.0 Å². The molecule has 4 rings (SSSR count). The molecule has 28 heavy (non-hydrogen) atoms. The van der Waals surface area contributed by atoms with Crippen molar-refractivity contribution in [1.82, 2.24) is 15.6 Å². The molecule has 0 radical (unpaired) electrons. The highest BCUT2D eigenvalue weighted by Crippen LogP contribution is 2.41.